The lowest BCUT2D eigenvalue weighted by molar-refractivity contribution is 0.111. The van der Waals surface area contributed by atoms with Gasteiger partial charge < -0.3 is 15.0 Å². The van der Waals surface area contributed by atoms with Crippen LogP contribution in [-0.2, 0) is 16.4 Å². The highest BCUT2D eigenvalue weighted by molar-refractivity contribution is 7.90. The van der Waals surface area contributed by atoms with Crippen molar-refractivity contribution < 1.29 is 17.9 Å². The topological polar surface area (TPSA) is 97.7 Å². The van der Waals surface area contributed by atoms with Crippen molar-refractivity contribution in [1.82, 2.24) is 14.8 Å². The molecular formula is C26H29N3O5S. The highest BCUT2D eigenvalue weighted by Gasteiger charge is 2.24. The highest BCUT2D eigenvalue weighted by atomic mass is 32.2. The summed E-state index contributed by atoms with van der Waals surface area (Å²) in [5.41, 5.74) is 2.53. The largest absolute Gasteiger partial charge is 0.490 e. The zero-order chi connectivity index (χ0) is 25.0. The molecule has 0 saturated carbocycles. The van der Waals surface area contributed by atoms with E-state index in [0.29, 0.717) is 43.9 Å². The Morgan fingerprint density at radius 1 is 1.03 bits per heavy atom. The SMILES string of the molecule is Cc1ccc(CNC(=O)N2CCC(Oc3ccn(-c4ccc(S(C)(=O)=O)cc4)c(=O)c3)CC2)cc1. The quantitative estimate of drug-likeness (QED) is 0.566. The number of ether oxygens (including phenoxy) is 1. The maximum Gasteiger partial charge on any atom is 0.317 e. The van der Waals surface area contributed by atoms with Crippen molar-refractivity contribution >= 4 is 15.9 Å². The van der Waals surface area contributed by atoms with Crippen LogP contribution in [0, 0.1) is 6.92 Å². The number of benzene rings is 2. The molecule has 1 aromatic heterocycles. The van der Waals surface area contributed by atoms with Crippen molar-refractivity contribution in [2.24, 2.45) is 0 Å². The molecule has 9 heteroatoms. The Balaban J connectivity index is 1.29. The Bertz CT molecular complexity index is 1340. The van der Waals surface area contributed by atoms with Crippen molar-refractivity contribution in [3.8, 4) is 11.4 Å². The zero-order valence-corrected chi connectivity index (χ0v) is 20.6. The van der Waals surface area contributed by atoms with E-state index in [1.165, 1.54) is 28.3 Å². The van der Waals surface area contributed by atoms with Gasteiger partial charge in [-0.15, -0.1) is 0 Å². The fourth-order valence-electron chi connectivity index (χ4n) is 3.97. The number of aromatic nitrogens is 1. The summed E-state index contributed by atoms with van der Waals surface area (Å²) in [5.74, 6) is 0.473. The number of carbonyl (C=O) groups excluding carboxylic acids is 1. The maximum absolute atomic E-state index is 12.6. The van der Waals surface area contributed by atoms with Crippen LogP contribution in [0.3, 0.4) is 0 Å². The molecule has 2 heterocycles. The Labute approximate surface area is 205 Å². The molecule has 1 aliphatic rings. The number of piperidine rings is 1. The second-order valence-electron chi connectivity index (χ2n) is 8.79. The third-order valence-electron chi connectivity index (χ3n) is 6.03. The zero-order valence-electron chi connectivity index (χ0n) is 19.8. The van der Waals surface area contributed by atoms with E-state index in [4.69, 9.17) is 4.74 Å². The van der Waals surface area contributed by atoms with Gasteiger partial charge in [-0.05, 0) is 42.8 Å². The fraction of sp³-hybridized carbons (Fsp3) is 0.308. The number of pyridine rings is 1. The van der Waals surface area contributed by atoms with Crippen LogP contribution in [-0.4, -0.2) is 49.4 Å². The molecule has 3 aromatic rings. The Morgan fingerprint density at radius 3 is 2.29 bits per heavy atom. The lowest BCUT2D eigenvalue weighted by Crippen LogP contribution is -2.46. The number of aryl methyl sites for hydroxylation is 1. The van der Waals surface area contributed by atoms with Gasteiger partial charge in [0.05, 0.1) is 4.90 Å². The summed E-state index contributed by atoms with van der Waals surface area (Å²) in [4.78, 5) is 27.1. The monoisotopic (exact) mass is 495 g/mol. The minimum Gasteiger partial charge on any atom is -0.490 e. The molecule has 1 aliphatic heterocycles. The van der Waals surface area contributed by atoms with Gasteiger partial charge in [0.15, 0.2) is 9.84 Å². The number of nitrogens with zero attached hydrogens (tertiary/aromatic N) is 2. The van der Waals surface area contributed by atoms with Gasteiger partial charge in [0.2, 0.25) is 0 Å². The Hall–Kier alpha value is -3.59. The maximum atomic E-state index is 12.6. The normalized spacial score (nSPS) is 14.5. The lowest BCUT2D eigenvalue weighted by Gasteiger charge is -2.32. The van der Waals surface area contributed by atoms with E-state index in [1.54, 1.807) is 29.3 Å². The van der Waals surface area contributed by atoms with Crippen LogP contribution in [0.2, 0.25) is 0 Å². The van der Waals surface area contributed by atoms with E-state index < -0.39 is 9.84 Å². The third kappa shape index (κ3) is 6.30. The van der Waals surface area contributed by atoms with E-state index in [9.17, 15) is 18.0 Å². The third-order valence-corrected chi connectivity index (χ3v) is 7.16. The predicted octanol–water partition coefficient (Wildman–Crippen LogP) is 3.30. The summed E-state index contributed by atoms with van der Waals surface area (Å²) >= 11 is 0. The van der Waals surface area contributed by atoms with Gasteiger partial charge in [0, 0.05) is 56.7 Å². The summed E-state index contributed by atoms with van der Waals surface area (Å²) in [7, 11) is -3.30. The van der Waals surface area contributed by atoms with Crippen LogP contribution in [0.1, 0.15) is 24.0 Å². The van der Waals surface area contributed by atoms with Gasteiger partial charge in [-0.2, -0.15) is 0 Å². The van der Waals surface area contributed by atoms with Crippen LogP contribution >= 0.6 is 0 Å². The molecule has 2 aromatic carbocycles. The van der Waals surface area contributed by atoms with E-state index in [1.807, 2.05) is 31.2 Å². The molecule has 0 spiro atoms. The molecular weight excluding hydrogens is 466 g/mol. The van der Waals surface area contributed by atoms with Crippen LogP contribution < -0.4 is 15.6 Å². The number of rotatable bonds is 6. The first-order valence-electron chi connectivity index (χ1n) is 11.5. The first-order valence-corrected chi connectivity index (χ1v) is 13.4. The number of nitrogens with one attached hydrogen (secondary N) is 1. The lowest BCUT2D eigenvalue weighted by atomic mass is 10.1. The van der Waals surface area contributed by atoms with Crippen molar-refractivity contribution in [3.63, 3.8) is 0 Å². The smallest absolute Gasteiger partial charge is 0.317 e. The van der Waals surface area contributed by atoms with Crippen LogP contribution in [0.15, 0.2) is 76.6 Å². The molecule has 2 amide bonds. The first-order chi connectivity index (χ1) is 16.7. The van der Waals surface area contributed by atoms with Crippen LogP contribution in [0.4, 0.5) is 4.79 Å². The Kier molecular flexibility index (Phi) is 7.25. The second-order valence-corrected chi connectivity index (χ2v) is 10.8. The molecule has 35 heavy (non-hydrogen) atoms. The van der Waals surface area contributed by atoms with E-state index in [-0.39, 0.29) is 22.6 Å². The van der Waals surface area contributed by atoms with E-state index in [2.05, 4.69) is 5.32 Å². The molecule has 1 fully saturated rings. The molecule has 8 nitrogen and oxygen atoms in total. The van der Waals surface area contributed by atoms with E-state index >= 15 is 0 Å². The molecule has 0 unspecified atom stereocenters. The number of sulfone groups is 1. The van der Waals surface area contributed by atoms with Crippen molar-refractivity contribution in [2.75, 3.05) is 19.3 Å². The van der Waals surface area contributed by atoms with Gasteiger partial charge >= 0.3 is 6.03 Å². The van der Waals surface area contributed by atoms with Crippen LogP contribution in [0.5, 0.6) is 5.75 Å². The number of hydrogen-bond acceptors (Lipinski definition) is 5. The number of hydrogen-bond donors (Lipinski definition) is 1. The molecule has 1 saturated heterocycles. The molecule has 0 atom stereocenters. The standard InChI is InChI=1S/C26H29N3O5S/c1-19-3-5-20(6-4-19)18-27-26(31)28-14-11-22(12-15-28)34-23-13-16-29(25(30)17-23)21-7-9-24(10-8-21)35(2,32)33/h3-10,13,16-17,22H,11-12,14-15,18H2,1-2H3,(H,27,31). The average molecular weight is 496 g/mol. The number of carbonyl (C=O) groups is 1. The number of amides is 2. The van der Waals surface area contributed by atoms with E-state index in [0.717, 1.165) is 11.8 Å². The average Bonchev–Trinajstić information content (AvgIpc) is 2.84. The number of likely N-dealkylation sites (tertiary alicyclic amines) is 1. The summed E-state index contributed by atoms with van der Waals surface area (Å²) in [6, 6.07) is 17.3. The molecule has 184 valence electrons. The minimum atomic E-state index is -3.30. The van der Waals surface area contributed by atoms with Gasteiger partial charge in [-0.3, -0.25) is 9.36 Å². The summed E-state index contributed by atoms with van der Waals surface area (Å²) in [6.45, 7) is 3.67. The fourth-order valence-corrected chi connectivity index (χ4v) is 4.60. The molecule has 0 bridgehead atoms. The molecule has 4 rings (SSSR count). The predicted molar refractivity (Wildman–Crippen MR) is 134 cm³/mol. The van der Waals surface area contributed by atoms with Crippen molar-refractivity contribution in [1.29, 1.82) is 0 Å². The van der Waals surface area contributed by atoms with Crippen LogP contribution in [0.25, 0.3) is 5.69 Å². The summed E-state index contributed by atoms with van der Waals surface area (Å²) in [5, 5.41) is 2.96. The van der Waals surface area contributed by atoms with Gasteiger partial charge in [-0.25, -0.2) is 13.2 Å². The second kappa shape index (κ2) is 10.4. The van der Waals surface area contributed by atoms with Gasteiger partial charge in [0.1, 0.15) is 11.9 Å². The molecule has 0 radical (unpaired) electrons. The summed E-state index contributed by atoms with van der Waals surface area (Å²) in [6.07, 6.45) is 4.02. The first kappa shape index (κ1) is 24.5. The summed E-state index contributed by atoms with van der Waals surface area (Å²) < 4.78 is 30.7. The van der Waals surface area contributed by atoms with Gasteiger partial charge in [0.25, 0.3) is 5.56 Å². The molecule has 1 N–H and O–H groups in total. The minimum absolute atomic E-state index is 0.0829. The van der Waals surface area contributed by atoms with Crippen molar-refractivity contribution in [2.45, 2.75) is 37.3 Å². The molecule has 0 aliphatic carbocycles. The number of urea groups is 1. The highest BCUT2D eigenvalue weighted by Crippen LogP contribution is 2.19. The van der Waals surface area contributed by atoms with Crippen molar-refractivity contribution in [3.05, 3.63) is 88.3 Å². The Morgan fingerprint density at radius 2 is 1.69 bits per heavy atom. The van der Waals surface area contributed by atoms with Gasteiger partial charge in [-0.1, -0.05) is 29.8 Å².